The van der Waals surface area contributed by atoms with E-state index in [1.807, 2.05) is 11.0 Å². The van der Waals surface area contributed by atoms with Crippen molar-refractivity contribution in [2.45, 2.75) is 19.3 Å². The first kappa shape index (κ1) is 18.0. The second-order valence-corrected chi connectivity index (χ2v) is 8.19. The first-order chi connectivity index (χ1) is 13.2. The minimum atomic E-state index is -0.200. The van der Waals surface area contributed by atoms with E-state index in [1.165, 1.54) is 15.8 Å². The van der Waals surface area contributed by atoms with Crippen LogP contribution < -0.4 is 15.1 Å². The van der Waals surface area contributed by atoms with E-state index in [-0.39, 0.29) is 11.7 Å². The third kappa shape index (κ3) is 3.68. The minimum absolute atomic E-state index is 0.0548. The number of thiophene rings is 1. The summed E-state index contributed by atoms with van der Waals surface area (Å²) in [5, 5.41) is 13.1. The van der Waals surface area contributed by atoms with Crippen molar-refractivity contribution in [2.24, 2.45) is 0 Å². The van der Waals surface area contributed by atoms with Gasteiger partial charge in [0, 0.05) is 4.88 Å². The summed E-state index contributed by atoms with van der Waals surface area (Å²) in [7, 11) is 0. The molecule has 2 N–H and O–H groups in total. The maximum Gasteiger partial charge on any atom is 0.280 e. The van der Waals surface area contributed by atoms with Crippen molar-refractivity contribution in [3.63, 3.8) is 0 Å². The van der Waals surface area contributed by atoms with Crippen molar-refractivity contribution in [1.29, 1.82) is 5.26 Å². The lowest BCUT2D eigenvalue weighted by Crippen LogP contribution is -3.15. The van der Waals surface area contributed by atoms with Crippen LogP contribution in [0, 0.1) is 17.1 Å². The Labute approximate surface area is 162 Å². The van der Waals surface area contributed by atoms with E-state index in [9.17, 15) is 14.4 Å². The number of para-hydroxylation sites is 1. The average molecular weight is 385 g/mol. The van der Waals surface area contributed by atoms with Crippen molar-refractivity contribution in [1.82, 2.24) is 0 Å². The van der Waals surface area contributed by atoms with Crippen LogP contribution in [-0.4, -0.2) is 38.6 Å². The van der Waals surface area contributed by atoms with Gasteiger partial charge in [0.25, 0.3) is 5.91 Å². The molecule has 2 heterocycles. The van der Waals surface area contributed by atoms with Crippen molar-refractivity contribution < 1.29 is 14.1 Å². The van der Waals surface area contributed by atoms with E-state index in [0.717, 1.165) is 51.0 Å². The number of hydrogen-bond acceptors (Lipinski definition) is 4. The lowest BCUT2D eigenvalue weighted by Gasteiger charge is -2.33. The zero-order chi connectivity index (χ0) is 18.8. The highest BCUT2D eigenvalue weighted by Crippen LogP contribution is 2.38. The normalized spacial score (nSPS) is 16.8. The highest BCUT2D eigenvalue weighted by Gasteiger charge is 2.26. The number of quaternary nitrogens is 1. The Morgan fingerprint density at radius 1 is 1.30 bits per heavy atom. The molecule has 1 fully saturated rings. The van der Waals surface area contributed by atoms with Gasteiger partial charge in [0.05, 0.1) is 37.4 Å². The van der Waals surface area contributed by atoms with Gasteiger partial charge >= 0.3 is 0 Å². The zero-order valence-corrected chi connectivity index (χ0v) is 15.9. The Hall–Kier alpha value is -2.43. The Morgan fingerprint density at radius 2 is 2.07 bits per heavy atom. The molecule has 2 aliphatic rings. The Morgan fingerprint density at radius 3 is 2.81 bits per heavy atom. The fraction of sp³-hybridized carbons (Fsp3) is 0.400. The summed E-state index contributed by atoms with van der Waals surface area (Å²) in [5.41, 5.74) is 2.41. The first-order valence-electron chi connectivity index (χ1n) is 9.33. The van der Waals surface area contributed by atoms with Gasteiger partial charge in [-0.3, -0.25) is 4.79 Å². The zero-order valence-electron chi connectivity index (χ0n) is 15.1. The van der Waals surface area contributed by atoms with Crippen LogP contribution in [0.4, 0.5) is 15.1 Å². The van der Waals surface area contributed by atoms with E-state index < -0.39 is 0 Å². The monoisotopic (exact) mass is 385 g/mol. The molecule has 1 amide bonds. The number of piperazine rings is 1. The van der Waals surface area contributed by atoms with Crippen LogP contribution in [0.5, 0.6) is 0 Å². The van der Waals surface area contributed by atoms with Gasteiger partial charge in [-0.15, -0.1) is 11.3 Å². The van der Waals surface area contributed by atoms with E-state index in [4.69, 9.17) is 0 Å². The number of nitrogens with one attached hydrogen (secondary N) is 2. The largest absolute Gasteiger partial charge is 0.358 e. The fourth-order valence-corrected chi connectivity index (χ4v) is 5.21. The average Bonchev–Trinajstić information content (AvgIpc) is 3.23. The molecule has 1 aromatic carbocycles. The number of nitrogens with zero attached hydrogens (tertiary/aromatic N) is 2. The highest BCUT2D eigenvalue weighted by molar-refractivity contribution is 7.16. The van der Waals surface area contributed by atoms with E-state index in [0.29, 0.717) is 22.8 Å². The molecule has 0 atom stereocenters. The second kappa shape index (κ2) is 7.67. The Balaban J connectivity index is 1.33. The van der Waals surface area contributed by atoms with Crippen molar-refractivity contribution in [3.05, 3.63) is 46.1 Å². The van der Waals surface area contributed by atoms with Gasteiger partial charge in [-0.1, -0.05) is 12.1 Å². The summed E-state index contributed by atoms with van der Waals surface area (Å²) in [6, 6.07) is 9.08. The molecule has 4 rings (SSSR count). The Bertz CT molecular complexity index is 896. The molecule has 1 aromatic heterocycles. The predicted molar refractivity (Wildman–Crippen MR) is 104 cm³/mol. The van der Waals surface area contributed by atoms with E-state index >= 15 is 0 Å². The number of nitriles is 1. The molecule has 0 bridgehead atoms. The third-order valence-corrected chi connectivity index (χ3v) is 6.57. The molecule has 27 heavy (non-hydrogen) atoms. The van der Waals surface area contributed by atoms with Crippen molar-refractivity contribution in [2.75, 3.05) is 42.9 Å². The maximum absolute atomic E-state index is 13.9. The molecule has 2 aromatic rings. The summed E-state index contributed by atoms with van der Waals surface area (Å²) in [6.07, 6.45) is 3.04. The van der Waals surface area contributed by atoms with Gasteiger partial charge in [-0.25, -0.2) is 4.39 Å². The number of fused-ring (bicyclic) bond motifs is 1. The Kier molecular flexibility index (Phi) is 5.10. The SMILES string of the molecule is N#Cc1c(NC(=O)C[NH+]2CCN(c3ccccc3F)CC2)sc2c1CCC2. The summed E-state index contributed by atoms with van der Waals surface area (Å²) in [5.74, 6) is -0.255. The van der Waals surface area contributed by atoms with Crippen LogP contribution in [0.25, 0.3) is 0 Å². The van der Waals surface area contributed by atoms with Gasteiger partial charge in [-0.05, 0) is 37.0 Å². The number of aryl methyl sites for hydroxylation is 1. The standard InChI is InChI=1S/C20H21FN4OS/c21-16-5-1-2-6-17(16)25-10-8-24(9-11-25)13-19(26)23-20-15(12-22)14-4-3-7-18(14)27-20/h1-2,5-6H,3-4,7-11,13H2,(H,23,26)/p+1. The van der Waals surface area contributed by atoms with Gasteiger partial charge in [0.2, 0.25) is 0 Å². The van der Waals surface area contributed by atoms with Gasteiger partial charge in [0.15, 0.2) is 6.54 Å². The number of rotatable bonds is 4. The molecule has 5 nitrogen and oxygen atoms in total. The fourth-order valence-electron chi connectivity index (χ4n) is 3.96. The van der Waals surface area contributed by atoms with Crippen LogP contribution in [0.3, 0.4) is 0 Å². The van der Waals surface area contributed by atoms with E-state index in [2.05, 4.69) is 11.4 Å². The van der Waals surface area contributed by atoms with Gasteiger partial charge in [0.1, 0.15) is 16.9 Å². The maximum atomic E-state index is 13.9. The highest BCUT2D eigenvalue weighted by atomic mass is 32.1. The minimum Gasteiger partial charge on any atom is -0.358 e. The quantitative estimate of drug-likeness (QED) is 0.840. The molecule has 1 aliphatic carbocycles. The van der Waals surface area contributed by atoms with Gasteiger partial charge < -0.3 is 15.1 Å². The van der Waals surface area contributed by atoms with Crippen LogP contribution in [0.15, 0.2) is 24.3 Å². The lowest BCUT2D eigenvalue weighted by molar-refractivity contribution is -0.892. The van der Waals surface area contributed by atoms with Crippen molar-refractivity contribution >= 4 is 27.9 Å². The van der Waals surface area contributed by atoms with Gasteiger partial charge in [-0.2, -0.15) is 5.26 Å². The topological polar surface area (TPSA) is 60.6 Å². The summed E-state index contributed by atoms with van der Waals surface area (Å²) >= 11 is 1.55. The number of hydrogen-bond donors (Lipinski definition) is 2. The van der Waals surface area contributed by atoms with E-state index in [1.54, 1.807) is 23.5 Å². The summed E-state index contributed by atoms with van der Waals surface area (Å²) < 4.78 is 13.9. The molecule has 1 saturated heterocycles. The van der Waals surface area contributed by atoms with Crippen LogP contribution in [0.2, 0.25) is 0 Å². The lowest BCUT2D eigenvalue weighted by atomic mass is 10.1. The summed E-state index contributed by atoms with van der Waals surface area (Å²) in [6.45, 7) is 3.39. The number of halogens is 1. The molecule has 1 aliphatic heterocycles. The molecule has 0 saturated carbocycles. The molecule has 0 spiro atoms. The predicted octanol–water partition coefficient (Wildman–Crippen LogP) is 1.59. The van der Waals surface area contributed by atoms with Crippen LogP contribution >= 0.6 is 11.3 Å². The third-order valence-electron chi connectivity index (χ3n) is 5.36. The first-order valence-corrected chi connectivity index (χ1v) is 10.1. The molecule has 0 radical (unpaired) electrons. The molecular weight excluding hydrogens is 363 g/mol. The van der Waals surface area contributed by atoms with Crippen molar-refractivity contribution in [3.8, 4) is 6.07 Å². The van der Waals surface area contributed by atoms with Crippen LogP contribution in [-0.2, 0) is 17.6 Å². The summed E-state index contributed by atoms with van der Waals surface area (Å²) in [4.78, 5) is 16.9. The smallest absolute Gasteiger partial charge is 0.280 e. The molecule has 140 valence electrons. The second-order valence-electron chi connectivity index (χ2n) is 7.09. The number of carbonyl (C=O) groups excluding carboxylic acids is 1. The van der Waals surface area contributed by atoms with Crippen LogP contribution in [0.1, 0.15) is 22.4 Å². The number of benzene rings is 1. The molecule has 7 heteroatoms. The molecule has 0 unspecified atom stereocenters. The number of anilines is 2. The molecular formula is C20H22FN4OS+. The number of amides is 1. The number of carbonyl (C=O) groups is 1.